The van der Waals surface area contributed by atoms with Crippen LogP contribution < -0.4 is 4.90 Å². The Kier molecular flexibility index (Phi) is 9.89. The summed E-state index contributed by atoms with van der Waals surface area (Å²) in [5.74, 6) is -4.71. The van der Waals surface area contributed by atoms with E-state index in [1.807, 2.05) is 0 Å². The van der Waals surface area contributed by atoms with Crippen molar-refractivity contribution >= 4 is 21.7 Å². The lowest BCUT2D eigenvalue weighted by molar-refractivity contribution is -0.275. The molecule has 0 aliphatic carbocycles. The lowest BCUT2D eigenvalue weighted by atomic mass is 9.85. The number of sulfonamides is 1. The number of anilines is 1. The van der Waals surface area contributed by atoms with E-state index in [0.29, 0.717) is 13.2 Å². The Bertz CT molecular complexity index is 1210. The number of carbonyl (C=O) groups excluding carboxylic acids is 1. The van der Waals surface area contributed by atoms with Gasteiger partial charge in [-0.15, -0.1) is 0 Å². The number of piperazine rings is 1. The predicted molar refractivity (Wildman–Crippen MR) is 128 cm³/mol. The van der Waals surface area contributed by atoms with Crippen molar-refractivity contribution in [2.75, 3.05) is 31.6 Å². The van der Waals surface area contributed by atoms with Gasteiger partial charge in [0.25, 0.3) is 5.60 Å². The Morgan fingerprint density at radius 3 is 2.31 bits per heavy atom. The molecule has 3 atom stereocenters. The first-order chi connectivity index (χ1) is 17.8. The molecule has 1 aromatic carbocycles. The van der Waals surface area contributed by atoms with Gasteiger partial charge in [-0.3, -0.25) is 0 Å². The van der Waals surface area contributed by atoms with Crippen molar-refractivity contribution in [1.29, 1.82) is 0 Å². The zero-order valence-electron chi connectivity index (χ0n) is 21.5. The lowest BCUT2D eigenvalue weighted by Gasteiger charge is -2.41. The zero-order valence-corrected chi connectivity index (χ0v) is 22.3. The number of benzene rings is 1. The van der Waals surface area contributed by atoms with Gasteiger partial charge in [0.1, 0.15) is 5.82 Å². The SMILES string of the molecule is CC=C(C=CCC(C)C(O)(C(=O)OC)C(F)(F)F)S(=O)(=O)N1CCN(c2ccc(F)cc2C(F)(F)F)CC1C. The summed E-state index contributed by atoms with van der Waals surface area (Å²) in [6.45, 7) is 3.27. The summed E-state index contributed by atoms with van der Waals surface area (Å²) < 4.78 is 126. The van der Waals surface area contributed by atoms with Gasteiger partial charge in [-0.1, -0.05) is 19.1 Å². The maximum atomic E-state index is 13.5. The minimum atomic E-state index is -5.35. The number of rotatable bonds is 8. The van der Waals surface area contributed by atoms with E-state index in [0.717, 1.165) is 35.5 Å². The molecular formula is C24H29F7N2O5S. The molecule has 15 heteroatoms. The molecule has 0 aromatic heterocycles. The van der Waals surface area contributed by atoms with Crippen molar-refractivity contribution in [3.8, 4) is 0 Å². The van der Waals surface area contributed by atoms with Crippen molar-refractivity contribution in [2.45, 2.75) is 51.2 Å². The van der Waals surface area contributed by atoms with Gasteiger partial charge in [-0.25, -0.2) is 17.6 Å². The highest BCUT2D eigenvalue weighted by molar-refractivity contribution is 7.93. The second kappa shape index (κ2) is 11.8. The number of halogens is 7. The molecule has 1 aromatic rings. The molecule has 39 heavy (non-hydrogen) atoms. The monoisotopic (exact) mass is 590 g/mol. The number of esters is 1. The van der Waals surface area contributed by atoms with E-state index >= 15 is 0 Å². The summed E-state index contributed by atoms with van der Waals surface area (Å²) in [6.07, 6.45) is -7.46. The Labute approximate surface area is 221 Å². The maximum absolute atomic E-state index is 13.5. The number of allylic oxidation sites excluding steroid dienone is 3. The van der Waals surface area contributed by atoms with Crippen LogP contribution in [0.3, 0.4) is 0 Å². The molecule has 1 aliphatic rings. The molecule has 1 N–H and O–H groups in total. The summed E-state index contributed by atoms with van der Waals surface area (Å²) in [5, 5.41) is 10.0. The van der Waals surface area contributed by atoms with E-state index < -0.39 is 63.7 Å². The van der Waals surface area contributed by atoms with Crippen molar-refractivity contribution in [3.05, 3.63) is 52.7 Å². The Morgan fingerprint density at radius 2 is 1.82 bits per heavy atom. The van der Waals surface area contributed by atoms with Crippen LogP contribution in [0.2, 0.25) is 0 Å². The van der Waals surface area contributed by atoms with Gasteiger partial charge in [-0.2, -0.15) is 30.6 Å². The fourth-order valence-electron chi connectivity index (χ4n) is 4.31. The third kappa shape index (κ3) is 6.74. The van der Waals surface area contributed by atoms with Gasteiger partial charge in [0.15, 0.2) is 0 Å². The van der Waals surface area contributed by atoms with Gasteiger partial charge >= 0.3 is 18.3 Å². The summed E-state index contributed by atoms with van der Waals surface area (Å²) in [5.41, 5.74) is -5.31. The highest BCUT2D eigenvalue weighted by Gasteiger charge is 2.63. The average Bonchev–Trinajstić information content (AvgIpc) is 2.83. The van der Waals surface area contributed by atoms with Gasteiger partial charge in [0, 0.05) is 37.3 Å². The highest BCUT2D eigenvalue weighted by Crippen LogP contribution is 2.40. The topological polar surface area (TPSA) is 87.1 Å². The predicted octanol–water partition coefficient (Wildman–Crippen LogP) is 4.64. The van der Waals surface area contributed by atoms with Crippen LogP contribution >= 0.6 is 0 Å². The second-order valence-corrected chi connectivity index (χ2v) is 10.9. The molecule has 1 saturated heterocycles. The zero-order chi connectivity index (χ0) is 30.0. The molecule has 0 spiro atoms. The number of methoxy groups -OCH3 is 1. The molecule has 1 fully saturated rings. The van der Waals surface area contributed by atoms with Crippen molar-refractivity contribution in [1.82, 2.24) is 4.31 Å². The normalized spacial score (nSPS) is 20.7. The van der Waals surface area contributed by atoms with Crippen LogP contribution in [0.25, 0.3) is 0 Å². The first-order valence-electron chi connectivity index (χ1n) is 11.7. The van der Waals surface area contributed by atoms with Gasteiger partial charge in [0.05, 0.1) is 17.6 Å². The van der Waals surface area contributed by atoms with Gasteiger partial charge in [0.2, 0.25) is 10.0 Å². The van der Waals surface area contributed by atoms with Gasteiger partial charge in [-0.05, 0) is 44.5 Å². The molecule has 0 bridgehead atoms. The minimum absolute atomic E-state index is 0.145. The molecule has 0 saturated carbocycles. The fraction of sp³-hybridized carbons (Fsp3) is 0.542. The second-order valence-electron chi connectivity index (χ2n) is 9.06. The third-order valence-corrected chi connectivity index (χ3v) is 8.60. The van der Waals surface area contributed by atoms with E-state index in [1.165, 1.54) is 24.8 Å². The number of nitrogens with zero attached hydrogens (tertiary/aromatic N) is 2. The number of aliphatic hydroxyl groups is 1. The largest absolute Gasteiger partial charge is 0.467 e. The smallest absolute Gasteiger partial charge is 0.428 e. The van der Waals surface area contributed by atoms with Crippen LogP contribution in [-0.4, -0.2) is 68.4 Å². The van der Waals surface area contributed by atoms with Crippen molar-refractivity contribution in [2.24, 2.45) is 5.92 Å². The number of alkyl halides is 6. The van der Waals surface area contributed by atoms with Crippen LogP contribution in [-0.2, 0) is 25.7 Å². The van der Waals surface area contributed by atoms with Crippen molar-refractivity contribution in [3.63, 3.8) is 0 Å². The molecule has 0 radical (unpaired) electrons. The van der Waals surface area contributed by atoms with E-state index in [-0.39, 0.29) is 30.2 Å². The molecule has 1 heterocycles. The van der Waals surface area contributed by atoms with Crippen LogP contribution in [0.15, 0.2) is 41.3 Å². The summed E-state index contributed by atoms with van der Waals surface area (Å²) in [7, 11) is -3.55. The fourth-order valence-corrected chi connectivity index (χ4v) is 6.00. The van der Waals surface area contributed by atoms with E-state index in [2.05, 4.69) is 4.74 Å². The van der Waals surface area contributed by atoms with Crippen LogP contribution in [0.5, 0.6) is 0 Å². The van der Waals surface area contributed by atoms with Crippen LogP contribution in [0.1, 0.15) is 32.8 Å². The number of hydrogen-bond donors (Lipinski definition) is 1. The molecule has 0 amide bonds. The molecule has 2 rings (SSSR count). The average molecular weight is 591 g/mol. The van der Waals surface area contributed by atoms with E-state index in [9.17, 15) is 49.1 Å². The quantitative estimate of drug-likeness (QED) is 0.270. The number of ether oxygens (including phenoxy) is 1. The Balaban J connectivity index is 2.23. The number of hydrogen-bond acceptors (Lipinski definition) is 6. The highest BCUT2D eigenvalue weighted by atomic mass is 32.2. The Morgan fingerprint density at radius 1 is 1.21 bits per heavy atom. The summed E-state index contributed by atoms with van der Waals surface area (Å²) in [4.78, 5) is 12.7. The van der Waals surface area contributed by atoms with E-state index in [1.54, 1.807) is 0 Å². The lowest BCUT2D eigenvalue weighted by Crippen LogP contribution is -2.57. The Hall–Kier alpha value is -2.65. The minimum Gasteiger partial charge on any atom is -0.467 e. The molecule has 1 aliphatic heterocycles. The first-order valence-corrected chi connectivity index (χ1v) is 13.1. The molecule has 220 valence electrons. The van der Waals surface area contributed by atoms with Crippen LogP contribution in [0.4, 0.5) is 36.4 Å². The van der Waals surface area contributed by atoms with Gasteiger partial charge < -0.3 is 14.7 Å². The molecular weight excluding hydrogens is 561 g/mol. The summed E-state index contributed by atoms with van der Waals surface area (Å²) >= 11 is 0. The number of carbonyl (C=O) groups is 1. The van der Waals surface area contributed by atoms with Crippen LogP contribution in [0, 0.1) is 11.7 Å². The molecule has 7 nitrogen and oxygen atoms in total. The first kappa shape index (κ1) is 32.6. The summed E-state index contributed by atoms with van der Waals surface area (Å²) in [6, 6.07) is 1.40. The molecule has 3 unspecified atom stereocenters. The van der Waals surface area contributed by atoms with E-state index in [4.69, 9.17) is 0 Å². The standard InChI is InChI=1S/C24H29F7N2O5S/c1-5-18(8-6-7-15(2)22(35,21(34)38-4)24(29,30)31)39(36,37)33-12-11-32(14-16(33)3)20-10-9-17(25)13-19(20)23(26,27)28/h5-6,8-10,13,15-16,35H,7,11-12,14H2,1-4H3. The van der Waals surface area contributed by atoms with Crippen molar-refractivity contribution < 1.29 is 53.8 Å². The third-order valence-electron chi connectivity index (χ3n) is 6.48. The maximum Gasteiger partial charge on any atom is 0.428 e.